The Balaban J connectivity index is 2.10. The molecule has 1 aliphatic rings. The fraction of sp³-hybridized carbons (Fsp3) is 0.417. The Kier molecular flexibility index (Phi) is 3.56. The summed E-state index contributed by atoms with van der Waals surface area (Å²) in [6.45, 7) is 1.78. The van der Waals surface area contributed by atoms with Crippen molar-refractivity contribution in [2.45, 2.75) is 12.8 Å². The van der Waals surface area contributed by atoms with Gasteiger partial charge in [-0.15, -0.1) is 0 Å². The molecule has 16 heavy (non-hydrogen) atoms. The van der Waals surface area contributed by atoms with Crippen molar-refractivity contribution in [1.29, 1.82) is 0 Å². The Morgan fingerprint density at radius 1 is 1.56 bits per heavy atom. The average Bonchev–Trinajstić information content (AvgIpc) is 2.74. The molecule has 1 unspecified atom stereocenters. The van der Waals surface area contributed by atoms with Crippen LogP contribution in [0.5, 0.6) is 0 Å². The first-order valence-electron chi connectivity index (χ1n) is 5.36. The highest BCUT2D eigenvalue weighted by Crippen LogP contribution is 2.20. The summed E-state index contributed by atoms with van der Waals surface area (Å²) in [4.78, 5) is 11.8. The van der Waals surface area contributed by atoms with E-state index in [9.17, 15) is 9.18 Å². The minimum atomic E-state index is -0.486. The number of carbonyl (C=O) groups excluding carboxylic acids is 1. The third kappa shape index (κ3) is 2.60. The van der Waals surface area contributed by atoms with Crippen molar-refractivity contribution in [2.75, 3.05) is 13.1 Å². The van der Waals surface area contributed by atoms with E-state index in [2.05, 4.69) is 5.32 Å². The van der Waals surface area contributed by atoms with Crippen molar-refractivity contribution >= 4 is 17.4 Å². The molecule has 0 spiro atoms. The molecule has 0 saturated carbocycles. The standard InChI is InChI=1S/C12H13ClFNO/c13-9-1-2-11(14)10(6-9)12(16)5-8-3-4-15-7-8/h1-2,6,8,15H,3-5,7H2. The molecule has 1 fully saturated rings. The quantitative estimate of drug-likeness (QED) is 0.825. The molecule has 0 aliphatic carbocycles. The SMILES string of the molecule is O=C(CC1CCNC1)c1cc(Cl)ccc1F. The second kappa shape index (κ2) is 4.93. The fourth-order valence-electron chi connectivity index (χ4n) is 1.97. The van der Waals surface area contributed by atoms with E-state index >= 15 is 0 Å². The maximum Gasteiger partial charge on any atom is 0.166 e. The van der Waals surface area contributed by atoms with Crippen LogP contribution in [0.1, 0.15) is 23.2 Å². The highest BCUT2D eigenvalue weighted by Gasteiger charge is 2.20. The number of halogens is 2. The maximum absolute atomic E-state index is 13.4. The van der Waals surface area contributed by atoms with E-state index in [1.165, 1.54) is 18.2 Å². The number of ketones is 1. The first-order chi connectivity index (χ1) is 7.66. The lowest BCUT2D eigenvalue weighted by Crippen LogP contribution is -2.13. The van der Waals surface area contributed by atoms with Crippen molar-refractivity contribution < 1.29 is 9.18 Å². The van der Waals surface area contributed by atoms with Gasteiger partial charge in [-0.3, -0.25) is 4.79 Å². The highest BCUT2D eigenvalue weighted by atomic mass is 35.5. The Labute approximate surface area is 98.8 Å². The molecule has 1 saturated heterocycles. The average molecular weight is 242 g/mol. The van der Waals surface area contributed by atoms with Gasteiger partial charge in [0, 0.05) is 11.4 Å². The van der Waals surface area contributed by atoms with Crippen LogP contribution in [0.15, 0.2) is 18.2 Å². The van der Waals surface area contributed by atoms with Crippen LogP contribution >= 0.6 is 11.6 Å². The molecule has 0 amide bonds. The van der Waals surface area contributed by atoms with Gasteiger partial charge in [0.15, 0.2) is 5.78 Å². The minimum absolute atomic E-state index is 0.111. The van der Waals surface area contributed by atoms with Crippen LogP contribution in [0.4, 0.5) is 4.39 Å². The van der Waals surface area contributed by atoms with Gasteiger partial charge in [-0.1, -0.05) is 11.6 Å². The Bertz CT molecular complexity index is 402. The van der Waals surface area contributed by atoms with Gasteiger partial charge < -0.3 is 5.32 Å². The first-order valence-corrected chi connectivity index (χ1v) is 5.73. The van der Waals surface area contributed by atoms with E-state index in [1.807, 2.05) is 0 Å². The molecule has 1 atom stereocenters. The van der Waals surface area contributed by atoms with Crippen LogP contribution in [-0.4, -0.2) is 18.9 Å². The van der Waals surface area contributed by atoms with Gasteiger partial charge >= 0.3 is 0 Å². The van der Waals surface area contributed by atoms with Crippen molar-refractivity contribution in [3.63, 3.8) is 0 Å². The molecule has 2 nitrogen and oxygen atoms in total. The van der Waals surface area contributed by atoms with Crippen LogP contribution in [0, 0.1) is 11.7 Å². The van der Waals surface area contributed by atoms with Gasteiger partial charge in [0.1, 0.15) is 5.82 Å². The lowest BCUT2D eigenvalue weighted by molar-refractivity contribution is 0.0960. The summed E-state index contributed by atoms with van der Waals surface area (Å²) in [5, 5.41) is 3.58. The maximum atomic E-state index is 13.4. The summed E-state index contributed by atoms with van der Waals surface area (Å²) in [6, 6.07) is 4.09. The molecule has 1 heterocycles. The van der Waals surface area contributed by atoms with E-state index in [4.69, 9.17) is 11.6 Å². The topological polar surface area (TPSA) is 29.1 Å². The van der Waals surface area contributed by atoms with Crippen LogP contribution in [0.2, 0.25) is 5.02 Å². The lowest BCUT2D eigenvalue weighted by atomic mass is 9.97. The number of benzene rings is 1. The zero-order valence-electron chi connectivity index (χ0n) is 8.80. The predicted octanol–water partition coefficient (Wildman–Crippen LogP) is 2.66. The molecule has 1 aromatic rings. The van der Waals surface area contributed by atoms with Crippen LogP contribution in [0.25, 0.3) is 0 Å². The fourth-order valence-corrected chi connectivity index (χ4v) is 2.14. The summed E-state index contributed by atoms with van der Waals surface area (Å²) in [5.41, 5.74) is 0.111. The normalized spacial score (nSPS) is 20.0. The van der Waals surface area contributed by atoms with Gasteiger partial charge in [0.25, 0.3) is 0 Å². The first kappa shape index (κ1) is 11.6. The van der Waals surface area contributed by atoms with E-state index < -0.39 is 5.82 Å². The van der Waals surface area contributed by atoms with Gasteiger partial charge in [0.2, 0.25) is 0 Å². The molecular formula is C12H13ClFNO. The van der Waals surface area contributed by atoms with Gasteiger partial charge in [-0.25, -0.2) is 4.39 Å². The Hall–Kier alpha value is -0.930. The summed E-state index contributed by atoms with van der Waals surface area (Å²) >= 11 is 5.75. The third-order valence-corrected chi connectivity index (χ3v) is 3.10. The predicted molar refractivity (Wildman–Crippen MR) is 61.3 cm³/mol. The molecule has 0 radical (unpaired) electrons. The smallest absolute Gasteiger partial charge is 0.166 e. The van der Waals surface area contributed by atoms with Gasteiger partial charge in [0.05, 0.1) is 5.56 Å². The molecule has 1 N–H and O–H groups in total. The van der Waals surface area contributed by atoms with E-state index in [0.717, 1.165) is 19.5 Å². The summed E-state index contributed by atoms with van der Waals surface area (Å²) < 4.78 is 13.4. The number of rotatable bonds is 3. The van der Waals surface area contributed by atoms with Crippen LogP contribution in [-0.2, 0) is 0 Å². The third-order valence-electron chi connectivity index (χ3n) is 2.87. The Morgan fingerprint density at radius 3 is 3.06 bits per heavy atom. The van der Waals surface area contributed by atoms with Crippen molar-refractivity contribution in [3.8, 4) is 0 Å². The van der Waals surface area contributed by atoms with Crippen molar-refractivity contribution in [3.05, 3.63) is 34.6 Å². The van der Waals surface area contributed by atoms with Crippen molar-refractivity contribution in [1.82, 2.24) is 5.32 Å². The largest absolute Gasteiger partial charge is 0.316 e. The van der Waals surface area contributed by atoms with Gasteiger partial charge in [-0.05, 0) is 43.6 Å². The molecule has 0 bridgehead atoms. The number of hydrogen-bond acceptors (Lipinski definition) is 2. The monoisotopic (exact) mass is 241 g/mol. The molecule has 2 rings (SSSR count). The van der Waals surface area contributed by atoms with E-state index in [-0.39, 0.29) is 11.3 Å². The van der Waals surface area contributed by atoms with Gasteiger partial charge in [-0.2, -0.15) is 0 Å². The van der Waals surface area contributed by atoms with Crippen LogP contribution < -0.4 is 5.32 Å². The van der Waals surface area contributed by atoms with Crippen LogP contribution in [0.3, 0.4) is 0 Å². The van der Waals surface area contributed by atoms with E-state index in [0.29, 0.717) is 17.4 Å². The number of carbonyl (C=O) groups is 1. The molecule has 0 aromatic heterocycles. The number of Topliss-reactive ketones (excluding diaryl/α,β-unsaturated/α-hetero) is 1. The Morgan fingerprint density at radius 2 is 2.38 bits per heavy atom. The zero-order valence-corrected chi connectivity index (χ0v) is 9.56. The minimum Gasteiger partial charge on any atom is -0.316 e. The molecule has 4 heteroatoms. The zero-order chi connectivity index (χ0) is 11.5. The molecule has 1 aliphatic heterocycles. The molecule has 1 aromatic carbocycles. The number of hydrogen-bond donors (Lipinski definition) is 1. The highest BCUT2D eigenvalue weighted by molar-refractivity contribution is 6.31. The van der Waals surface area contributed by atoms with E-state index in [1.54, 1.807) is 0 Å². The lowest BCUT2D eigenvalue weighted by Gasteiger charge is -2.08. The summed E-state index contributed by atoms with van der Waals surface area (Å²) in [6.07, 6.45) is 1.37. The summed E-state index contributed by atoms with van der Waals surface area (Å²) in [5.74, 6) is -0.320. The second-order valence-electron chi connectivity index (χ2n) is 4.11. The second-order valence-corrected chi connectivity index (χ2v) is 4.55. The molecular weight excluding hydrogens is 229 g/mol. The summed E-state index contributed by atoms with van der Waals surface area (Å²) in [7, 11) is 0. The van der Waals surface area contributed by atoms with Crippen molar-refractivity contribution in [2.24, 2.45) is 5.92 Å². The molecule has 86 valence electrons. The number of nitrogens with one attached hydrogen (secondary N) is 1.